The van der Waals surface area contributed by atoms with Crippen LogP contribution in [-0.2, 0) is 11.3 Å². The van der Waals surface area contributed by atoms with Crippen LogP contribution in [0, 0.1) is 24.5 Å². The van der Waals surface area contributed by atoms with E-state index < -0.39 is 23.8 Å². The van der Waals surface area contributed by atoms with Gasteiger partial charge in [-0.15, -0.1) is 0 Å². The maximum Gasteiger partial charge on any atom is 0.242 e. The first-order valence-corrected chi connectivity index (χ1v) is 7.84. The van der Waals surface area contributed by atoms with Gasteiger partial charge in [0.1, 0.15) is 18.2 Å². The second-order valence-corrected chi connectivity index (χ2v) is 6.31. The van der Waals surface area contributed by atoms with Crippen LogP contribution in [-0.4, -0.2) is 26.9 Å². The first kappa shape index (κ1) is 16.6. The molecule has 1 aromatic heterocycles. The molecule has 0 radical (unpaired) electrons. The Balaban J connectivity index is 1.76. The Morgan fingerprint density at radius 1 is 1.46 bits per heavy atom. The predicted octanol–water partition coefficient (Wildman–Crippen LogP) is 2.10. The highest BCUT2D eigenvalue weighted by Crippen LogP contribution is 2.39. The minimum Gasteiger partial charge on any atom is -0.393 e. The highest BCUT2D eigenvalue weighted by Gasteiger charge is 2.36. The number of hydrogen-bond donors (Lipinski definition) is 2. The van der Waals surface area contributed by atoms with Gasteiger partial charge in [0.05, 0.1) is 18.3 Å². The molecule has 0 aliphatic heterocycles. The van der Waals surface area contributed by atoms with Crippen molar-refractivity contribution >= 4 is 5.91 Å². The molecule has 1 amide bonds. The summed E-state index contributed by atoms with van der Waals surface area (Å²) >= 11 is 0. The van der Waals surface area contributed by atoms with Crippen LogP contribution in [0.5, 0.6) is 0 Å². The van der Waals surface area contributed by atoms with E-state index in [4.69, 9.17) is 0 Å². The monoisotopic (exact) mass is 335 g/mol. The second-order valence-electron chi connectivity index (χ2n) is 6.31. The fourth-order valence-electron chi connectivity index (χ4n) is 3.02. The van der Waals surface area contributed by atoms with Gasteiger partial charge in [0.2, 0.25) is 5.91 Å². The standard InChI is InChI=1S/C17H19F2N3O2/c1-10-7-20-22(8-10)9-16(24)21-17(11-4-13(23)5-11)14-3-2-12(18)6-15(14)19/h2-3,6-8,11,13,17,23H,4-5,9H2,1H3,(H,21,24)/t11?,13?,17-/m0/s1. The summed E-state index contributed by atoms with van der Waals surface area (Å²) in [7, 11) is 0. The lowest BCUT2D eigenvalue weighted by Crippen LogP contribution is -2.42. The molecule has 24 heavy (non-hydrogen) atoms. The van der Waals surface area contributed by atoms with Gasteiger partial charge in [0.15, 0.2) is 0 Å². The lowest BCUT2D eigenvalue weighted by molar-refractivity contribution is -0.123. The first-order valence-electron chi connectivity index (χ1n) is 7.84. The number of halogens is 2. The molecule has 1 fully saturated rings. The third kappa shape index (κ3) is 3.62. The van der Waals surface area contributed by atoms with Gasteiger partial charge in [-0.3, -0.25) is 9.48 Å². The van der Waals surface area contributed by atoms with Crippen molar-refractivity contribution in [1.29, 1.82) is 0 Å². The van der Waals surface area contributed by atoms with Gasteiger partial charge in [-0.1, -0.05) is 6.07 Å². The van der Waals surface area contributed by atoms with Crippen molar-refractivity contribution in [3.05, 3.63) is 53.4 Å². The Morgan fingerprint density at radius 2 is 2.21 bits per heavy atom. The number of nitrogens with one attached hydrogen (secondary N) is 1. The number of aliphatic hydroxyl groups is 1. The minimum absolute atomic E-state index is 0.0163. The van der Waals surface area contributed by atoms with Gasteiger partial charge in [0, 0.05) is 17.8 Å². The Kier molecular flexibility index (Phi) is 4.62. The summed E-state index contributed by atoms with van der Waals surface area (Å²) in [5.41, 5.74) is 1.17. The molecule has 1 atom stereocenters. The van der Waals surface area contributed by atoms with Crippen LogP contribution in [0.15, 0.2) is 30.6 Å². The van der Waals surface area contributed by atoms with Crippen molar-refractivity contribution in [3.8, 4) is 0 Å². The Morgan fingerprint density at radius 3 is 2.79 bits per heavy atom. The van der Waals surface area contributed by atoms with Crippen LogP contribution >= 0.6 is 0 Å². The number of aliphatic hydroxyl groups excluding tert-OH is 1. The number of amides is 1. The van der Waals surface area contributed by atoms with Crippen molar-refractivity contribution in [1.82, 2.24) is 15.1 Å². The molecule has 128 valence electrons. The molecular weight excluding hydrogens is 316 g/mol. The molecule has 0 spiro atoms. The van der Waals surface area contributed by atoms with Crippen molar-refractivity contribution < 1.29 is 18.7 Å². The largest absolute Gasteiger partial charge is 0.393 e. The average Bonchev–Trinajstić information content (AvgIpc) is 2.87. The molecule has 1 heterocycles. The number of benzene rings is 1. The van der Waals surface area contributed by atoms with Crippen LogP contribution in [0.3, 0.4) is 0 Å². The zero-order chi connectivity index (χ0) is 17.3. The zero-order valence-electron chi connectivity index (χ0n) is 13.2. The lowest BCUT2D eigenvalue weighted by atomic mass is 9.75. The number of hydrogen-bond acceptors (Lipinski definition) is 3. The number of rotatable bonds is 5. The molecule has 2 N–H and O–H groups in total. The van der Waals surface area contributed by atoms with Crippen molar-refractivity contribution in [2.45, 2.75) is 38.5 Å². The van der Waals surface area contributed by atoms with Crippen molar-refractivity contribution in [3.63, 3.8) is 0 Å². The number of aromatic nitrogens is 2. The number of nitrogens with zero attached hydrogens (tertiary/aromatic N) is 2. The van der Waals surface area contributed by atoms with Gasteiger partial charge >= 0.3 is 0 Å². The van der Waals surface area contributed by atoms with E-state index in [9.17, 15) is 18.7 Å². The van der Waals surface area contributed by atoms with Crippen LogP contribution < -0.4 is 5.32 Å². The second kappa shape index (κ2) is 6.68. The van der Waals surface area contributed by atoms with E-state index in [1.807, 2.05) is 6.92 Å². The van der Waals surface area contributed by atoms with Crippen LogP contribution in [0.2, 0.25) is 0 Å². The Hall–Kier alpha value is -2.28. The number of aryl methyl sites for hydroxylation is 1. The van der Waals surface area contributed by atoms with E-state index in [0.717, 1.165) is 11.6 Å². The molecule has 3 rings (SSSR count). The molecule has 5 nitrogen and oxygen atoms in total. The maximum atomic E-state index is 14.1. The van der Waals surface area contributed by atoms with Crippen molar-refractivity contribution in [2.75, 3.05) is 0 Å². The smallest absolute Gasteiger partial charge is 0.242 e. The molecule has 1 aromatic carbocycles. The molecule has 0 saturated heterocycles. The summed E-state index contributed by atoms with van der Waals surface area (Å²) in [6, 6.07) is 2.72. The summed E-state index contributed by atoms with van der Waals surface area (Å²) in [5, 5.41) is 16.4. The van der Waals surface area contributed by atoms with E-state index in [-0.39, 0.29) is 23.9 Å². The highest BCUT2D eigenvalue weighted by molar-refractivity contribution is 5.76. The normalized spacial score (nSPS) is 21.2. The first-order chi connectivity index (χ1) is 11.4. The molecule has 2 aromatic rings. The fourth-order valence-corrected chi connectivity index (χ4v) is 3.02. The van der Waals surface area contributed by atoms with Crippen LogP contribution in [0.4, 0.5) is 8.78 Å². The Bertz CT molecular complexity index is 741. The van der Waals surface area contributed by atoms with Gasteiger partial charge in [-0.25, -0.2) is 8.78 Å². The lowest BCUT2D eigenvalue weighted by Gasteiger charge is -2.38. The van der Waals surface area contributed by atoms with E-state index >= 15 is 0 Å². The molecule has 1 aliphatic rings. The summed E-state index contributed by atoms with van der Waals surface area (Å²) in [6.45, 7) is 1.89. The van der Waals surface area contributed by atoms with E-state index in [1.54, 1.807) is 12.4 Å². The highest BCUT2D eigenvalue weighted by atomic mass is 19.1. The summed E-state index contributed by atoms with van der Waals surface area (Å²) in [6.07, 6.45) is 3.89. The third-order valence-corrected chi connectivity index (χ3v) is 4.30. The van der Waals surface area contributed by atoms with Crippen LogP contribution in [0.25, 0.3) is 0 Å². The van der Waals surface area contributed by atoms with Gasteiger partial charge in [0.25, 0.3) is 0 Å². The predicted molar refractivity (Wildman–Crippen MR) is 82.9 cm³/mol. The molecule has 1 aliphatic carbocycles. The van der Waals surface area contributed by atoms with Gasteiger partial charge in [-0.05, 0) is 37.3 Å². The number of carbonyl (C=O) groups excluding carboxylic acids is 1. The SMILES string of the molecule is Cc1cnn(CC(=O)N[C@H](c2ccc(F)cc2F)C2CC(O)C2)c1. The van der Waals surface area contributed by atoms with E-state index in [0.29, 0.717) is 12.8 Å². The summed E-state index contributed by atoms with van der Waals surface area (Å²) < 4.78 is 28.8. The molecule has 0 bridgehead atoms. The maximum absolute atomic E-state index is 14.1. The summed E-state index contributed by atoms with van der Waals surface area (Å²) in [5.74, 6) is -1.75. The molecular formula is C17H19F2N3O2. The van der Waals surface area contributed by atoms with Gasteiger partial charge < -0.3 is 10.4 Å². The van der Waals surface area contributed by atoms with Crippen molar-refractivity contribution in [2.24, 2.45) is 5.92 Å². The Labute approximate surface area is 138 Å². The fraction of sp³-hybridized carbons (Fsp3) is 0.412. The number of carbonyl (C=O) groups is 1. The molecule has 0 unspecified atom stereocenters. The van der Waals surface area contributed by atoms with Crippen LogP contribution in [0.1, 0.15) is 30.0 Å². The summed E-state index contributed by atoms with van der Waals surface area (Å²) in [4.78, 5) is 12.3. The minimum atomic E-state index is -0.698. The topological polar surface area (TPSA) is 67.2 Å². The zero-order valence-corrected chi connectivity index (χ0v) is 13.2. The third-order valence-electron chi connectivity index (χ3n) is 4.30. The van der Waals surface area contributed by atoms with Gasteiger partial charge in [-0.2, -0.15) is 5.10 Å². The quantitative estimate of drug-likeness (QED) is 0.879. The van der Waals surface area contributed by atoms with E-state index in [1.165, 1.54) is 16.8 Å². The average molecular weight is 335 g/mol. The molecule has 7 heteroatoms. The van der Waals surface area contributed by atoms with E-state index in [2.05, 4.69) is 10.4 Å². The molecule has 1 saturated carbocycles.